The molecule has 7 nitrogen and oxygen atoms in total. The van der Waals surface area contributed by atoms with Crippen LogP contribution in [0.15, 0.2) is 57.7 Å². The van der Waals surface area contributed by atoms with Crippen LogP contribution < -0.4 is 5.63 Å². The molecule has 0 aliphatic heterocycles. The van der Waals surface area contributed by atoms with Crippen LogP contribution in [-0.2, 0) is 0 Å². The van der Waals surface area contributed by atoms with E-state index in [1.54, 1.807) is 12.1 Å². The van der Waals surface area contributed by atoms with Crippen LogP contribution in [0.2, 0.25) is 0 Å². The zero-order valence-corrected chi connectivity index (χ0v) is 11.6. The van der Waals surface area contributed by atoms with Gasteiger partial charge in [0.25, 0.3) is 0 Å². The summed E-state index contributed by atoms with van der Waals surface area (Å²) >= 11 is 0. The molecule has 1 heterocycles. The lowest BCUT2D eigenvalue weighted by atomic mass is 10.2. The molecular weight excluding hydrogens is 304 g/mol. The van der Waals surface area contributed by atoms with Gasteiger partial charge in [-0.3, -0.25) is 0 Å². The van der Waals surface area contributed by atoms with E-state index in [1.807, 2.05) is 18.2 Å². The van der Waals surface area contributed by atoms with Crippen LogP contribution >= 0.6 is 0 Å². The minimum Gasteiger partial charge on any atom is -0.504 e. The summed E-state index contributed by atoms with van der Waals surface area (Å²) in [6.07, 6.45) is 0. The number of para-hydroxylation sites is 1. The van der Waals surface area contributed by atoms with Crippen molar-refractivity contribution >= 4 is 16.9 Å². The molecule has 0 radical (unpaired) electrons. The van der Waals surface area contributed by atoms with E-state index >= 15 is 0 Å². The predicted octanol–water partition coefficient (Wildman–Crippen LogP) is 2.29. The van der Waals surface area contributed by atoms with E-state index in [2.05, 4.69) is 0 Å². The van der Waals surface area contributed by atoms with E-state index in [4.69, 9.17) is 24.8 Å². The molecule has 0 atom stereocenters. The summed E-state index contributed by atoms with van der Waals surface area (Å²) < 4.78 is 4.91. The van der Waals surface area contributed by atoms with Crippen molar-refractivity contribution in [3.63, 3.8) is 0 Å². The highest BCUT2D eigenvalue weighted by Crippen LogP contribution is 2.36. The van der Waals surface area contributed by atoms with Gasteiger partial charge in [-0.1, -0.05) is 18.2 Å². The topological polar surface area (TPSA) is 128 Å². The molecule has 2 aromatic carbocycles. The monoisotopic (exact) mass is 316 g/mol. The second-order valence-corrected chi connectivity index (χ2v) is 4.43. The lowest BCUT2D eigenvalue weighted by molar-refractivity contribution is 0.0693. The van der Waals surface area contributed by atoms with Crippen LogP contribution in [0.3, 0.4) is 0 Å². The number of carboxylic acid groups (broad SMARTS) is 1. The molecule has 0 fully saturated rings. The fraction of sp³-hybridized carbons (Fsp3) is 0. The third-order valence-electron chi connectivity index (χ3n) is 2.89. The Morgan fingerprint density at radius 2 is 1.57 bits per heavy atom. The summed E-state index contributed by atoms with van der Waals surface area (Å²) in [7, 11) is 0. The van der Waals surface area contributed by atoms with Crippen LogP contribution in [0.4, 0.5) is 0 Å². The van der Waals surface area contributed by atoms with Gasteiger partial charge in [-0.15, -0.1) is 0 Å². The molecule has 3 aromatic rings. The molecular formula is C16H12O7. The van der Waals surface area contributed by atoms with Gasteiger partial charge in [-0.05, 0) is 24.3 Å². The number of hydrogen-bond donors (Lipinski definition) is 4. The molecule has 0 aliphatic carbocycles. The van der Waals surface area contributed by atoms with E-state index in [9.17, 15) is 9.59 Å². The summed E-state index contributed by atoms with van der Waals surface area (Å²) in [4.78, 5) is 21.0. The Labute approximate surface area is 129 Å². The number of hydrogen-bond acceptors (Lipinski definition) is 6. The smallest absolute Gasteiger partial charge is 0.339 e. The molecule has 0 amide bonds. The van der Waals surface area contributed by atoms with Gasteiger partial charge in [-0.25, -0.2) is 9.59 Å². The average Bonchev–Trinajstić information content (AvgIpc) is 2.53. The maximum atomic E-state index is 10.7. The zero-order valence-electron chi connectivity index (χ0n) is 11.6. The highest BCUT2D eigenvalue weighted by molar-refractivity contribution is 5.92. The number of aromatic carboxylic acids is 1. The number of benzene rings is 2. The Kier molecular flexibility index (Phi) is 4.51. The first-order valence-corrected chi connectivity index (χ1v) is 6.36. The summed E-state index contributed by atoms with van der Waals surface area (Å²) in [5, 5.41) is 36.0. The molecule has 23 heavy (non-hydrogen) atoms. The normalized spacial score (nSPS) is 9.91. The van der Waals surface area contributed by atoms with Crippen LogP contribution in [-0.4, -0.2) is 26.4 Å². The minimum absolute atomic E-state index is 0.302. The van der Waals surface area contributed by atoms with Crippen molar-refractivity contribution in [2.24, 2.45) is 0 Å². The van der Waals surface area contributed by atoms with Crippen molar-refractivity contribution in [3.8, 4) is 17.2 Å². The molecule has 1 aromatic heterocycles. The van der Waals surface area contributed by atoms with Gasteiger partial charge in [0, 0.05) is 11.5 Å². The van der Waals surface area contributed by atoms with Crippen LogP contribution in [0, 0.1) is 0 Å². The molecule has 4 N–H and O–H groups in total. The van der Waals surface area contributed by atoms with Crippen molar-refractivity contribution < 1.29 is 29.6 Å². The highest BCUT2D eigenvalue weighted by atomic mass is 16.4. The Morgan fingerprint density at radius 3 is 2.26 bits per heavy atom. The number of fused-ring (bicyclic) bond motifs is 1. The largest absolute Gasteiger partial charge is 0.504 e. The Bertz CT molecular complexity index is 912. The first-order chi connectivity index (χ1) is 10.9. The standard InChI is InChI=1S/C9H6O2.C7H6O5/c10-9-6-5-7-3-1-2-4-8(7)11-9;8-4-2-1-3(7(11)12)5(9)6(4)10/h1-6H;1-2,8-10H,(H,11,12). The van der Waals surface area contributed by atoms with Crippen molar-refractivity contribution in [2.45, 2.75) is 0 Å². The van der Waals surface area contributed by atoms with Gasteiger partial charge in [0.2, 0.25) is 5.75 Å². The van der Waals surface area contributed by atoms with E-state index in [-0.39, 0.29) is 5.63 Å². The Balaban J connectivity index is 0.000000167. The number of aromatic hydroxyl groups is 3. The van der Waals surface area contributed by atoms with Gasteiger partial charge in [0.1, 0.15) is 11.1 Å². The first-order valence-electron chi connectivity index (χ1n) is 6.36. The molecule has 0 unspecified atom stereocenters. The first kappa shape index (κ1) is 15.9. The number of phenolic OH excluding ortho intramolecular Hbond substituents is 2. The molecule has 0 aliphatic rings. The summed E-state index contributed by atoms with van der Waals surface area (Å²) in [5.74, 6) is -3.59. The van der Waals surface area contributed by atoms with E-state index in [0.717, 1.165) is 17.5 Å². The van der Waals surface area contributed by atoms with Crippen LogP contribution in [0.25, 0.3) is 11.0 Å². The molecule has 0 saturated carbocycles. The van der Waals surface area contributed by atoms with Crippen molar-refractivity contribution in [3.05, 3.63) is 64.5 Å². The molecule has 118 valence electrons. The Morgan fingerprint density at radius 1 is 0.870 bits per heavy atom. The lowest BCUT2D eigenvalue weighted by Gasteiger charge is -2.02. The molecule has 0 saturated heterocycles. The molecule has 3 rings (SSSR count). The second-order valence-electron chi connectivity index (χ2n) is 4.43. The van der Waals surface area contributed by atoms with Gasteiger partial charge < -0.3 is 24.8 Å². The van der Waals surface area contributed by atoms with Crippen LogP contribution in [0.1, 0.15) is 10.4 Å². The average molecular weight is 316 g/mol. The SMILES string of the molecule is O=C(O)c1ccc(O)c(O)c1O.O=c1ccc2ccccc2o1. The lowest BCUT2D eigenvalue weighted by Crippen LogP contribution is -1.96. The maximum absolute atomic E-state index is 10.7. The quantitative estimate of drug-likeness (QED) is 0.400. The fourth-order valence-corrected chi connectivity index (χ4v) is 1.75. The van der Waals surface area contributed by atoms with Crippen molar-refractivity contribution in [1.29, 1.82) is 0 Å². The minimum atomic E-state index is -1.37. The summed E-state index contributed by atoms with van der Waals surface area (Å²) in [5.41, 5.74) is -0.117. The number of rotatable bonds is 1. The number of phenols is 3. The Hall–Kier alpha value is -3.48. The number of carboxylic acids is 1. The zero-order chi connectivity index (χ0) is 17.0. The highest BCUT2D eigenvalue weighted by Gasteiger charge is 2.15. The summed E-state index contributed by atoms with van der Waals surface area (Å²) in [6.45, 7) is 0. The van der Waals surface area contributed by atoms with Gasteiger partial charge >= 0.3 is 11.6 Å². The predicted molar refractivity (Wildman–Crippen MR) is 80.9 cm³/mol. The third kappa shape index (κ3) is 3.59. The van der Waals surface area contributed by atoms with Gasteiger partial charge in [-0.2, -0.15) is 0 Å². The maximum Gasteiger partial charge on any atom is 0.339 e. The second kappa shape index (κ2) is 6.52. The summed E-state index contributed by atoms with van der Waals surface area (Å²) in [6, 6.07) is 12.6. The third-order valence-corrected chi connectivity index (χ3v) is 2.89. The van der Waals surface area contributed by atoms with Crippen molar-refractivity contribution in [2.75, 3.05) is 0 Å². The fourth-order valence-electron chi connectivity index (χ4n) is 1.75. The van der Waals surface area contributed by atoms with Gasteiger partial charge in [0.05, 0.1) is 0 Å². The molecule has 7 heteroatoms. The molecule has 0 spiro atoms. The van der Waals surface area contributed by atoms with E-state index in [1.165, 1.54) is 6.07 Å². The van der Waals surface area contributed by atoms with Crippen molar-refractivity contribution in [1.82, 2.24) is 0 Å². The van der Waals surface area contributed by atoms with E-state index in [0.29, 0.717) is 5.58 Å². The number of carbonyl (C=O) groups is 1. The van der Waals surface area contributed by atoms with Gasteiger partial charge in [0.15, 0.2) is 11.5 Å². The van der Waals surface area contributed by atoms with Crippen LogP contribution in [0.5, 0.6) is 17.2 Å². The molecule has 0 bridgehead atoms. The van der Waals surface area contributed by atoms with E-state index < -0.39 is 28.8 Å².